The first kappa shape index (κ1) is 28.7. The molecular weight excluding hydrogens is 579 g/mol. The Morgan fingerprint density at radius 2 is 1.11 bits per heavy atom. The van der Waals surface area contributed by atoms with Crippen LogP contribution in [0.3, 0.4) is 0 Å². The van der Waals surface area contributed by atoms with E-state index in [1.807, 2.05) is 70.1 Å². The van der Waals surface area contributed by atoms with Gasteiger partial charge in [-0.05, 0) is 45.8 Å². The maximum atomic E-state index is 13.5. The van der Waals surface area contributed by atoms with Crippen molar-refractivity contribution in [3.8, 4) is 0 Å². The van der Waals surface area contributed by atoms with E-state index in [1.54, 1.807) is 27.6 Å². The third kappa shape index (κ3) is 8.32. The van der Waals surface area contributed by atoms with Gasteiger partial charge >= 0.3 is 0 Å². The molecule has 0 saturated carbocycles. The molecule has 0 spiro atoms. The number of thiophene rings is 4. The fourth-order valence-corrected chi connectivity index (χ4v) is 8.21. The Morgan fingerprint density at radius 3 is 1.47 bits per heavy atom. The maximum absolute atomic E-state index is 13.5. The van der Waals surface area contributed by atoms with E-state index in [1.165, 1.54) is 38.8 Å². The molecule has 4 aromatic rings. The third-order valence-electron chi connectivity index (χ3n) is 5.81. The number of hydrogen-bond acceptors (Lipinski definition) is 8. The van der Waals surface area contributed by atoms with Crippen molar-refractivity contribution < 1.29 is 18.0 Å². The minimum Gasteiger partial charge on any atom is -0.333 e. The number of carbonyl (C=O) groups excluding carboxylic acids is 2. The molecule has 0 N–H and O–H groups in total. The summed E-state index contributed by atoms with van der Waals surface area (Å²) in [4.78, 5) is 32.9. The number of amides is 2. The lowest BCUT2D eigenvalue weighted by molar-refractivity contribution is -0.140. The number of sulfonamides is 1. The first-order chi connectivity index (χ1) is 18.3. The Labute approximate surface area is 239 Å². The van der Waals surface area contributed by atoms with Crippen molar-refractivity contribution in [2.75, 3.05) is 18.8 Å². The summed E-state index contributed by atoms with van der Waals surface area (Å²) in [7, 11) is -3.71. The first-order valence-electron chi connectivity index (χ1n) is 11.9. The molecule has 0 bridgehead atoms. The van der Waals surface area contributed by atoms with Gasteiger partial charge in [-0.25, -0.2) is 8.42 Å². The van der Waals surface area contributed by atoms with Crippen molar-refractivity contribution >= 4 is 67.2 Å². The quantitative estimate of drug-likeness (QED) is 0.194. The molecule has 2 amide bonds. The van der Waals surface area contributed by atoms with Crippen LogP contribution in [0.4, 0.5) is 0 Å². The molecule has 0 aliphatic carbocycles. The third-order valence-corrected chi connectivity index (χ3v) is 11.0. The summed E-state index contributed by atoms with van der Waals surface area (Å²) in [6.07, 6.45) is 0. The van der Waals surface area contributed by atoms with E-state index < -0.39 is 10.0 Å². The second-order valence-corrected chi connectivity index (χ2v) is 14.8. The smallest absolute Gasteiger partial charge is 0.242 e. The van der Waals surface area contributed by atoms with E-state index in [4.69, 9.17) is 0 Å². The van der Waals surface area contributed by atoms with Gasteiger partial charge in [0.15, 0.2) is 0 Å². The Kier molecular flexibility index (Phi) is 10.3. The van der Waals surface area contributed by atoms with Crippen LogP contribution >= 0.6 is 45.3 Å². The molecule has 0 saturated heterocycles. The molecule has 4 aromatic heterocycles. The lowest BCUT2D eigenvalue weighted by Gasteiger charge is -2.28. The summed E-state index contributed by atoms with van der Waals surface area (Å²) in [5.74, 6) is -0.802. The Balaban J connectivity index is 1.44. The van der Waals surface area contributed by atoms with Gasteiger partial charge in [-0.3, -0.25) is 9.59 Å². The van der Waals surface area contributed by atoms with Crippen LogP contribution in [-0.4, -0.2) is 53.2 Å². The van der Waals surface area contributed by atoms with Crippen LogP contribution in [0.2, 0.25) is 0 Å². The van der Waals surface area contributed by atoms with E-state index in [-0.39, 0.29) is 43.7 Å². The second-order valence-electron chi connectivity index (χ2n) is 8.59. The van der Waals surface area contributed by atoms with Gasteiger partial charge in [-0.15, -0.1) is 45.3 Å². The molecule has 4 rings (SSSR count). The topological polar surface area (TPSA) is 78.0 Å². The monoisotopic (exact) mass is 607 g/mol. The van der Waals surface area contributed by atoms with Crippen molar-refractivity contribution in [2.45, 2.75) is 33.1 Å². The van der Waals surface area contributed by atoms with Crippen molar-refractivity contribution in [2.24, 2.45) is 0 Å². The highest BCUT2D eigenvalue weighted by Gasteiger charge is 2.27. The maximum Gasteiger partial charge on any atom is 0.242 e. The summed E-state index contributed by atoms with van der Waals surface area (Å²) in [5, 5.41) is 7.78. The van der Waals surface area contributed by atoms with Gasteiger partial charge in [-0.2, -0.15) is 4.31 Å². The van der Waals surface area contributed by atoms with Crippen LogP contribution < -0.4 is 0 Å². The molecule has 0 aromatic carbocycles. The largest absolute Gasteiger partial charge is 0.333 e. The van der Waals surface area contributed by atoms with Gasteiger partial charge in [0.05, 0.1) is 25.4 Å². The van der Waals surface area contributed by atoms with E-state index in [2.05, 4.69) is 0 Å². The lowest BCUT2D eigenvalue weighted by atomic mass is 10.3. The zero-order valence-corrected chi connectivity index (χ0v) is 25.0. The van der Waals surface area contributed by atoms with Gasteiger partial charge in [0.25, 0.3) is 0 Å². The average Bonchev–Trinajstić information content (AvgIpc) is 3.69. The predicted octanol–water partition coefficient (Wildman–Crippen LogP) is 5.34. The Morgan fingerprint density at radius 1 is 0.684 bits per heavy atom. The van der Waals surface area contributed by atoms with Gasteiger partial charge in [0.1, 0.15) is 0 Å². The summed E-state index contributed by atoms with van der Waals surface area (Å²) in [6.45, 7) is 2.57. The number of hydrogen-bond donors (Lipinski definition) is 0. The molecule has 202 valence electrons. The summed E-state index contributed by atoms with van der Waals surface area (Å²) >= 11 is 6.16. The molecule has 0 fully saturated rings. The van der Waals surface area contributed by atoms with Gasteiger partial charge in [0, 0.05) is 46.1 Å². The molecule has 0 aliphatic heterocycles. The molecule has 0 aliphatic rings. The lowest BCUT2D eigenvalue weighted by Crippen LogP contribution is -2.44. The number of nitrogens with zero attached hydrogens (tertiary/aromatic N) is 3. The molecule has 0 atom stereocenters. The molecule has 12 heteroatoms. The van der Waals surface area contributed by atoms with Gasteiger partial charge in [-0.1, -0.05) is 24.3 Å². The molecule has 7 nitrogen and oxygen atoms in total. The van der Waals surface area contributed by atoms with E-state index in [0.717, 1.165) is 19.5 Å². The molecule has 4 heterocycles. The second kappa shape index (κ2) is 13.6. The van der Waals surface area contributed by atoms with E-state index in [0.29, 0.717) is 13.1 Å². The van der Waals surface area contributed by atoms with Crippen LogP contribution in [0, 0.1) is 0 Å². The standard InChI is InChI=1S/C26H29N3O4S5/c1-21(30)27(20-26(31)28(16-22-6-2-11-34-22)17-23-7-3-12-35-23)10-15-38(32,33)29(18-24-8-4-13-36-24)19-25-9-5-14-37-25/h2-9,11-14H,10,15-20H2,1H3. The van der Waals surface area contributed by atoms with Crippen molar-refractivity contribution in [3.05, 3.63) is 89.6 Å². The van der Waals surface area contributed by atoms with Crippen LogP contribution in [0.5, 0.6) is 0 Å². The zero-order chi connectivity index (χ0) is 27.0. The normalized spacial score (nSPS) is 11.6. The Hall–Kier alpha value is -2.35. The molecule has 38 heavy (non-hydrogen) atoms. The number of rotatable bonds is 14. The molecular formula is C26H29N3O4S5. The summed E-state index contributed by atoms with van der Waals surface area (Å²) < 4.78 is 28.4. The van der Waals surface area contributed by atoms with Crippen LogP contribution in [-0.2, 0) is 45.8 Å². The highest BCUT2D eigenvalue weighted by atomic mass is 32.2. The highest BCUT2D eigenvalue weighted by molar-refractivity contribution is 7.89. The number of carbonyl (C=O) groups is 2. The molecule has 0 unspecified atom stereocenters. The van der Waals surface area contributed by atoms with E-state index >= 15 is 0 Å². The van der Waals surface area contributed by atoms with Crippen LogP contribution in [0.1, 0.15) is 26.4 Å². The fraction of sp³-hybridized carbons (Fsp3) is 0.308. The first-order valence-corrected chi connectivity index (χ1v) is 17.0. The fourth-order valence-electron chi connectivity index (χ4n) is 3.78. The van der Waals surface area contributed by atoms with Crippen molar-refractivity contribution in [1.29, 1.82) is 0 Å². The minimum atomic E-state index is -3.71. The summed E-state index contributed by atoms with van der Waals surface area (Å²) in [6, 6.07) is 15.5. The highest BCUT2D eigenvalue weighted by Crippen LogP contribution is 2.21. The van der Waals surface area contributed by atoms with Gasteiger partial charge in [0.2, 0.25) is 21.8 Å². The molecule has 0 radical (unpaired) electrons. The van der Waals surface area contributed by atoms with E-state index in [9.17, 15) is 18.0 Å². The van der Waals surface area contributed by atoms with Crippen LogP contribution in [0.25, 0.3) is 0 Å². The van der Waals surface area contributed by atoms with Crippen molar-refractivity contribution in [1.82, 2.24) is 14.1 Å². The Bertz CT molecular complexity index is 1290. The van der Waals surface area contributed by atoms with Crippen LogP contribution in [0.15, 0.2) is 70.1 Å². The van der Waals surface area contributed by atoms with Crippen molar-refractivity contribution in [3.63, 3.8) is 0 Å². The minimum absolute atomic E-state index is 0.0549. The van der Waals surface area contributed by atoms with Gasteiger partial charge < -0.3 is 9.80 Å². The summed E-state index contributed by atoms with van der Waals surface area (Å²) in [5.41, 5.74) is 0. The average molecular weight is 608 g/mol. The predicted molar refractivity (Wildman–Crippen MR) is 157 cm³/mol. The zero-order valence-electron chi connectivity index (χ0n) is 20.9. The SMILES string of the molecule is CC(=O)N(CCS(=O)(=O)N(Cc1cccs1)Cc1cccs1)CC(=O)N(Cc1cccs1)Cc1cccs1.